The van der Waals surface area contributed by atoms with Crippen LogP contribution in [0.1, 0.15) is 22.3 Å². The molecule has 0 fully saturated rings. The van der Waals surface area contributed by atoms with E-state index < -0.39 is 44.2 Å². The van der Waals surface area contributed by atoms with Crippen molar-refractivity contribution in [3.8, 4) is 16.9 Å². The Bertz CT molecular complexity index is 1620. The highest BCUT2D eigenvalue weighted by Gasteiger charge is 2.33. The molecule has 0 radical (unpaired) electrons. The van der Waals surface area contributed by atoms with Crippen molar-refractivity contribution in [3.05, 3.63) is 119 Å². The van der Waals surface area contributed by atoms with Gasteiger partial charge in [-0.15, -0.1) is 0 Å². The molecule has 0 aliphatic rings. The zero-order valence-corrected chi connectivity index (χ0v) is 21.9. The molecular weight excluding hydrogens is 575 g/mol. The van der Waals surface area contributed by atoms with Crippen molar-refractivity contribution in [2.24, 2.45) is 0 Å². The van der Waals surface area contributed by atoms with Crippen LogP contribution in [0, 0.1) is 5.82 Å². The van der Waals surface area contributed by atoms with E-state index in [1.165, 1.54) is 54.6 Å². The van der Waals surface area contributed by atoms with Gasteiger partial charge in [0.15, 0.2) is 0 Å². The largest absolute Gasteiger partial charge is 0.489 e. The lowest BCUT2D eigenvalue weighted by molar-refractivity contribution is -0.138. The van der Waals surface area contributed by atoms with Crippen molar-refractivity contribution in [1.29, 1.82) is 0 Å². The highest BCUT2D eigenvalue weighted by Crippen LogP contribution is 2.35. The zero-order valence-electron chi connectivity index (χ0n) is 21.1. The van der Waals surface area contributed by atoms with Crippen LogP contribution in [0.15, 0.2) is 95.9 Å². The lowest BCUT2D eigenvalue weighted by atomic mass is 10.0. The topological polar surface area (TPSA) is 55.4 Å². The molecule has 0 aliphatic heterocycles. The molecule has 0 aromatic heterocycles. The second-order valence-electron chi connectivity index (χ2n) is 9.03. The Morgan fingerprint density at radius 3 is 2.02 bits per heavy atom. The molecule has 1 N–H and O–H groups in total. The monoisotopic (exact) mass is 597 g/mol. The molecule has 4 aromatic carbocycles. The van der Waals surface area contributed by atoms with E-state index in [-0.39, 0.29) is 36.4 Å². The first-order valence-corrected chi connectivity index (χ1v) is 13.5. The molecule has 0 heterocycles. The number of hydrogen-bond acceptors (Lipinski definition) is 3. The second kappa shape index (κ2) is 11.9. The van der Waals surface area contributed by atoms with Crippen LogP contribution in [0.4, 0.5) is 30.7 Å². The van der Waals surface area contributed by atoms with Gasteiger partial charge in [0.25, 0.3) is 0 Å². The lowest BCUT2D eigenvalue weighted by Gasteiger charge is -2.14. The summed E-state index contributed by atoms with van der Waals surface area (Å²) in [7, 11) is -4.36. The van der Waals surface area contributed by atoms with Crippen LogP contribution in [-0.4, -0.2) is 15.0 Å². The van der Waals surface area contributed by atoms with Crippen molar-refractivity contribution < 1.29 is 43.9 Å². The molecule has 0 amide bonds. The van der Waals surface area contributed by atoms with Crippen molar-refractivity contribution >= 4 is 10.0 Å². The van der Waals surface area contributed by atoms with Crippen LogP contribution in [0.5, 0.6) is 5.75 Å². The standard InChI is InChI=1S/C29H22F7NO3S/c30-25-5-1-3-19(13-25)11-12-37-41(38,39)27-15-22(14-24(17-27)29(34,35)36)21-9-7-20(8-10-21)18-40-26-6-2-4-23(16-26)28(31,32)33/h1-10,13-17,37H,11-12,18H2. The highest BCUT2D eigenvalue weighted by atomic mass is 32.2. The number of halogens is 7. The van der Waals surface area contributed by atoms with Crippen molar-refractivity contribution in [2.75, 3.05) is 6.54 Å². The Labute approximate surface area is 231 Å². The highest BCUT2D eigenvalue weighted by molar-refractivity contribution is 7.89. The Morgan fingerprint density at radius 1 is 0.683 bits per heavy atom. The van der Waals surface area contributed by atoms with Gasteiger partial charge in [0, 0.05) is 6.54 Å². The van der Waals surface area contributed by atoms with E-state index in [0.717, 1.165) is 24.3 Å². The molecule has 4 rings (SSSR count). The summed E-state index contributed by atoms with van der Waals surface area (Å²) in [5.74, 6) is -0.511. The molecule has 0 saturated carbocycles. The molecule has 0 atom stereocenters. The van der Waals surface area contributed by atoms with Gasteiger partial charge in [-0.1, -0.05) is 42.5 Å². The Balaban J connectivity index is 1.52. The van der Waals surface area contributed by atoms with Gasteiger partial charge in [-0.2, -0.15) is 26.3 Å². The molecule has 0 saturated heterocycles. The van der Waals surface area contributed by atoms with Gasteiger partial charge in [0.2, 0.25) is 10.0 Å². The van der Waals surface area contributed by atoms with Crippen LogP contribution >= 0.6 is 0 Å². The van der Waals surface area contributed by atoms with Gasteiger partial charge in [0.1, 0.15) is 18.2 Å². The fourth-order valence-electron chi connectivity index (χ4n) is 3.91. The normalized spacial score (nSPS) is 12.4. The number of nitrogens with one attached hydrogen (secondary N) is 1. The molecule has 0 bridgehead atoms. The van der Waals surface area contributed by atoms with Crippen LogP contribution in [0.2, 0.25) is 0 Å². The van der Waals surface area contributed by atoms with Crippen molar-refractivity contribution in [3.63, 3.8) is 0 Å². The van der Waals surface area contributed by atoms with Crippen LogP contribution in [-0.2, 0) is 35.4 Å². The summed E-state index contributed by atoms with van der Waals surface area (Å²) in [6, 6.07) is 18.2. The maximum Gasteiger partial charge on any atom is 0.416 e. The smallest absolute Gasteiger partial charge is 0.416 e. The quantitative estimate of drug-likeness (QED) is 0.202. The maximum atomic E-state index is 13.7. The van der Waals surface area contributed by atoms with E-state index in [1.54, 1.807) is 6.07 Å². The van der Waals surface area contributed by atoms with Gasteiger partial charge in [-0.05, 0) is 77.2 Å². The van der Waals surface area contributed by atoms with Gasteiger partial charge in [-0.3, -0.25) is 0 Å². The summed E-state index contributed by atoms with van der Waals surface area (Å²) in [5, 5.41) is 0. The molecule has 216 valence electrons. The predicted molar refractivity (Wildman–Crippen MR) is 138 cm³/mol. The van der Waals surface area contributed by atoms with Crippen LogP contribution < -0.4 is 9.46 Å². The average molecular weight is 598 g/mol. The SMILES string of the molecule is O=S(=O)(NCCc1cccc(F)c1)c1cc(-c2ccc(COc3cccc(C(F)(F)F)c3)cc2)cc(C(F)(F)F)c1. The molecular formula is C29H22F7NO3S. The van der Waals surface area contributed by atoms with Crippen molar-refractivity contribution in [2.45, 2.75) is 30.3 Å². The van der Waals surface area contributed by atoms with E-state index >= 15 is 0 Å². The Morgan fingerprint density at radius 2 is 1.37 bits per heavy atom. The third-order valence-corrected chi connectivity index (χ3v) is 7.43. The third-order valence-electron chi connectivity index (χ3n) is 5.99. The number of alkyl halides is 6. The van der Waals surface area contributed by atoms with E-state index in [2.05, 4.69) is 4.72 Å². The minimum Gasteiger partial charge on any atom is -0.489 e. The fourth-order valence-corrected chi connectivity index (χ4v) is 5.01. The molecule has 12 heteroatoms. The first-order valence-electron chi connectivity index (χ1n) is 12.1. The third kappa shape index (κ3) is 8.08. The maximum absolute atomic E-state index is 13.7. The fraction of sp³-hybridized carbons (Fsp3) is 0.172. The van der Waals surface area contributed by atoms with E-state index in [9.17, 15) is 39.2 Å². The summed E-state index contributed by atoms with van der Waals surface area (Å²) >= 11 is 0. The number of rotatable bonds is 9. The number of sulfonamides is 1. The average Bonchev–Trinajstić information content (AvgIpc) is 2.91. The summed E-state index contributed by atoms with van der Waals surface area (Å²) in [4.78, 5) is -0.599. The molecule has 0 spiro atoms. The summed E-state index contributed by atoms with van der Waals surface area (Å²) < 4.78 is 126. The minimum atomic E-state index is -4.83. The summed E-state index contributed by atoms with van der Waals surface area (Å²) in [6.07, 6.45) is -9.25. The number of benzene rings is 4. The molecule has 4 nitrogen and oxygen atoms in total. The first kappa shape index (κ1) is 30.1. The summed E-state index contributed by atoms with van der Waals surface area (Å²) in [6.45, 7) is -0.281. The van der Waals surface area contributed by atoms with Crippen LogP contribution in [0.25, 0.3) is 11.1 Å². The van der Waals surface area contributed by atoms with Gasteiger partial charge >= 0.3 is 12.4 Å². The Kier molecular flexibility index (Phi) is 8.74. The first-order chi connectivity index (χ1) is 19.2. The zero-order chi connectivity index (χ0) is 29.8. The molecule has 41 heavy (non-hydrogen) atoms. The van der Waals surface area contributed by atoms with E-state index in [0.29, 0.717) is 17.2 Å². The predicted octanol–water partition coefficient (Wildman–Crippen LogP) is 7.63. The Hall–Kier alpha value is -3.90. The molecule has 4 aromatic rings. The second-order valence-corrected chi connectivity index (χ2v) is 10.8. The van der Waals surface area contributed by atoms with Gasteiger partial charge in [0.05, 0.1) is 16.0 Å². The van der Waals surface area contributed by atoms with E-state index in [1.807, 2.05) is 0 Å². The van der Waals surface area contributed by atoms with Gasteiger partial charge in [-0.25, -0.2) is 17.5 Å². The minimum absolute atomic E-state index is 0.0125. The van der Waals surface area contributed by atoms with E-state index in [4.69, 9.17) is 4.74 Å². The number of hydrogen-bond donors (Lipinski definition) is 1. The number of ether oxygens (including phenoxy) is 1. The summed E-state index contributed by atoms with van der Waals surface area (Å²) in [5.41, 5.74) is -0.757. The van der Waals surface area contributed by atoms with Crippen molar-refractivity contribution in [1.82, 2.24) is 4.72 Å². The van der Waals surface area contributed by atoms with Crippen LogP contribution in [0.3, 0.4) is 0 Å². The lowest BCUT2D eigenvalue weighted by Crippen LogP contribution is -2.26. The molecule has 0 unspecified atom stereocenters. The molecule has 0 aliphatic carbocycles. The van der Waals surface area contributed by atoms with Gasteiger partial charge < -0.3 is 4.74 Å².